The van der Waals surface area contributed by atoms with Crippen LogP contribution in [0.25, 0.3) is 0 Å². The highest BCUT2D eigenvalue weighted by atomic mass is 35.5. The van der Waals surface area contributed by atoms with Crippen molar-refractivity contribution in [3.05, 3.63) is 34.6 Å². The quantitative estimate of drug-likeness (QED) is 0.896. The Kier molecular flexibility index (Phi) is 4.77. The van der Waals surface area contributed by atoms with E-state index in [2.05, 4.69) is 5.32 Å². The van der Waals surface area contributed by atoms with Gasteiger partial charge >= 0.3 is 0 Å². The van der Waals surface area contributed by atoms with Gasteiger partial charge in [-0.15, -0.1) is 0 Å². The lowest BCUT2D eigenvalue weighted by Gasteiger charge is -2.28. The third-order valence-corrected chi connectivity index (χ3v) is 3.83. The molecule has 19 heavy (non-hydrogen) atoms. The summed E-state index contributed by atoms with van der Waals surface area (Å²) >= 11 is 5.88. The van der Waals surface area contributed by atoms with Crippen molar-refractivity contribution in [2.45, 2.75) is 44.2 Å². The molecule has 0 radical (unpaired) electrons. The number of hydrogen-bond donors (Lipinski definition) is 2. The van der Waals surface area contributed by atoms with Gasteiger partial charge < -0.3 is 10.4 Å². The van der Waals surface area contributed by atoms with Crippen LogP contribution in [0.2, 0.25) is 5.02 Å². The molecule has 1 aliphatic rings. The molecule has 0 aromatic heterocycles. The third-order valence-electron chi connectivity index (χ3n) is 3.47. The van der Waals surface area contributed by atoms with Gasteiger partial charge in [-0.1, -0.05) is 30.5 Å². The van der Waals surface area contributed by atoms with E-state index in [1.165, 1.54) is 12.1 Å². The van der Waals surface area contributed by atoms with Crippen LogP contribution in [-0.2, 0) is 11.2 Å². The van der Waals surface area contributed by atoms with Gasteiger partial charge in [0.1, 0.15) is 5.82 Å². The van der Waals surface area contributed by atoms with Gasteiger partial charge in [-0.3, -0.25) is 4.79 Å². The highest BCUT2D eigenvalue weighted by molar-refractivity contribution is 6.31. The molecular weight excluding hydrogens is 269 g/mol. The Balaban J connectivity index is 1.97. The molecule has 1 aromatic rings. The first-order valence-electron chi connectivity index (χ1n) is 6.48. The monoisotopic (exact) mass is 285 g/mol. The number of carbonyl (C=O) groups is 1. The fourth-order valence-corrected chi connectivity index (χ4v) is 2.63. The first kappa shape index (κ1) is 14.3. The maximum Gasteiger partial charge on any atom is 0.224 e. The summed E-state index contributed by atoms with van der Waals surface area (Å²) in [6.07, 6.45) is 2.82. The summed E-state index contributed by atoms with van der Waals surface area (Å²) in [5, 5.41) is 12.8. The lowest BCUT2D eigenvalue weighted by molar-refractivity contribution is -0.122. The lowest BCUT2D eigenvalue weighted by Crippen LogP contribution is -2.45. The van der Waals surface area contributed by atoms with Crippen LogP contribution in [0.5, 0.6) is 0 Å². The van der Waals surface area contributed by atoms with E-state index in [1.807, 2.05) is 0 Å². The van der Waals surface area contributed by atoms with E-state index >= 15 is 0 Å². The minimum atomic E-state index is -0.506. The van der Waals surface area contributed by atoms with E-state index in [4.69, 9.17) is 11.6 Å². The number of aliphatic hydroxyl groups excluding tert-OH is 1. The van der Waals surface area contributed by atoms with E-state index < -0.39 is 11.9 Å². The largest absolute Gasteiger partial charge is 0.391 e. The number of carbonyl (C=O) groups excluding carboxylic acids is 1. The summed E-state index contributed by atoms with van der Waals surface area (Å²) in [4.78, 5) is 11.9. The molecule has 0 spiro atoms. The van der Waals surface area contributed by atoms with Crippen molar-refractivity contribution in [1.29, 1.82) is 0 Å². The predicted octanol–water partition coefficient (Wildman–Crippen LogP) is 2.44. The van der Waals surface area contributed by atoms with Crippen molar-refractivity contribution in [1.82, 2.24) is 5.32 Å². The van der Waals surface area contributed by atoms with Crippen LogP contribution in [0.4, 0.5) is 4.39 Å². The number of aliphatic hydroxyl groups is 1. The minimum Gasteiger partial charge on any atom is -0.391 e. The van der Waals surface area contributed by atoms with Crippen molar-refractivity contribution < 1.29 is 14.3 Å². The summed E-state index contributed by atoms with van der Waals surface area (Å²) in [6, 6.07) is 4.11. The van der Waals surface area contributed by atoms with Gasteiger partial charge in [0.15, 0.2) is 0 Å². The van der Waals surface area contributed by atoms with Crippen molar-refractivity contribution in [3.8, 4) is 0 Å². The average molecular weight is 286 g/mol. The van der Waals surface area contributed by atoms with Gasteiger partial charge in [0.25, 0.3) is 0 Å². The zero-order valence-electron chi connectivity index (χ0n) is 10.5. The molecule has 1 amide bonds. The Morgan fingerprint density at radius 3 is 2.84 bits per heavy atom. The van der Waals surface area contributed by atoms with E-state index in [1.54, 1.807) is 6.07 Å². The number of nitrogens with one attached hydrogen (secondary N) is 1. The minimum absolute atomic E-state index is 0.102. The summed E-state index contributed by atoms with van der Waals surface area (Å²) < 4.78 is 13.6. The normalized spacial score (nSPS) is 23.1. The van der Waals surface area contributed by atoms with Crippen molar-refractivity contribution in [2.24, 2.45) is 0 Å². The van der Waals surface area contributed by atoms with E-state index in [0.717, 1.165) is 19.3 Å². The average Bonchev–Trinajstić information content (AvgIpc) is 2.37. The first-order valence-corrected chi connectivity index (χ1v) is 6.86. The molecule has 2 N–H and O–H groups in total. The molecule has 1 fully saturated rings. The summed E-state index contributed by atoms with van der Waals surface area (Å²) in [6.45, 7) is 0. The van der Waals surface area contributed by atoms with Gasteiger partial charge in [0.05, 0.1) is 18.6 Å². The Hall–Kier alpha value is -1.13. The molecular formula is C14H17ClFNO2. The fraction of sp³-hybridized carbons (Fsp3) is 0.500. The molecule has 104 valence electrons. The van der Waals surface area contributed by atoms with Crippen molar-refractivity contribution in [2.75, 3.05) is 0 Å². The second kappa shape index (κ2) is 6.35. The zero-order valence-corrected chi connectivity index (χ0v) is 11.3. The predicted molar refractivity (Wildman–Crippen MR) is 71.5 cm³/mol. The highest BCUT2D eigenvalue weighted by Crippen LogP contribution is 2.21. The molecule has 0 unspecified atom stereocenters. The molecule has 1 saturated carbocycles. The molecule has 0 saturated heterocycles. The van der Waals surface area contributed by atoms with Crippen LogP contribution in [0.1, 0.15) is 31.2 Å². The second-order valence-electron chi connectivity index (χ2n) is 4.90. The smallest absolute Gasteiger partial charge is 0.224 e. The maximum absolute atomic E-state index is 13.6. The molecule has 1 aliphatic carbocycles. The van der Waals surface area contributed by atoms with Gasteiger partial charge in [-0.25, -0.2) is 4.39 Å². The van der Waals surface area contributed by atoms with E-state index in [0.29, 0.717) is 6.42 Å². The van der Waals surface area contributed by atoms with E-state index in [9.17, 15) is 14.3 Å². The molecule has 5 heteroatoms. The van der Waals surface area contributed by atoms with Gasteiger partial charge in [0.2, 0.25) is 5.91 Å². The van der Waals surface area contributed by atoms with Crippen LogP contribution < -0.4 is 5.32 Å². The fourth-order valence-electron chi connectivity index (χ4n) is 2.40. The van der Waals surface area contributed by atoms with Gasteiger partial charge in [0, 0.05) is 10.6 Å². The number of rotatable bonds is 3. The molecule has 0 bridgehead atoms. The number of amides is 1. The Morgan fingerprint density at radius 2 is 2.16 bits per heavy atom. The third kappa shape index (κ3) is 3.67. The summed E-state index contributed by atoms with van der Waals surface area (Å²) in [5.41, 5.74) is 0.201. The molecule has 0 heterocycles. The van der Waals surface area contributed by atoms with Crippen LogP contribution in [-0.4, -0.2) is 23.2 Å². The molecule has 1 aromatic carbocycles. The van der Waals surface area contributed by atoms with Crippen molar-refractivity contribution in [3.63, 3.8) is 0 Å². The number of hydrogen-bond acceptors (Lipinski definition) is 2. The zero-order chi connectivity index (χ0) is 13.8. The number of benzene rings is 1. The van der Waals surface area contributed by atoms with Crippen LogP contribution in [0.15, 0.2) is 18.2 Å². The topological polar surface area (TPSA) is 49.3 Å². The van der Waals surface area contributed by atoms with E-state index in [-0.39, 0.29) is 29.0 Å². The standard InChI is InChI=1S/C14H17ClFNO2/c15-10-4-3-5-11(16)9(10)8-14(19)17-12-6-1-2-7-13(12)18/h3-5,12-13,18H,1-2,6-8H2,(H,17,19)/t12-,13-/m0/s1. The maximum atomic E-state index is 13.6. The summed E-state index contributed by atoms with van der Waals surface area (Å²) in [5.74, 6) is -0.787. The number of halogens is 2. The van der Waals surface area contributed by atoms with Crippen LogP contribution >= 0.6 is 11.6 Å². The Bertz CT molecular complexity index is 447. The van der Waals surface area contributed by atoms with Crippen LogP contribution in [0, 0.1) is 5.82 Å². The summed E-state index contributed by atoms with van der Waals surface area (Å²) in [7, 11) is 0. The SMILES string of the molecule is O=C(Cc1c(F)cccc1Cl)N[C@H]1CCCC[C@@H]1O. The first-order chi connectivity index (χ1) is 9.08. The van der Waals surface area contributed by atoms with Crippen molar-refractivity contribution >= 4 is 17.5 Å². The lowest BCUT2D eigenvalue weighted by atomic mass is 9.92. The van der Waals surface area contributed by atoms with Gasteiger partial charge in [-0.2, -0.15) is 0 Å². The van der Waals surface area contributed by atoms with Crippen LogP contribution in [0.3, 0.4) is 0 Å². The molecule has 3 nitrogen and oxygen atoms in total. The molecule has 2 atom stereocenters. The Morgan fingerprint density at radius 1 is 1.42 bits per heavy atom. The molecule has 0 aliphatic heterocycles. The second-order valence-corrected chi connectivity index (χ2v) is 5.31. The highest BCUT2D eigenvalue weighted by Gasteiger charge is 2.24. The molecule has 2 rings (SSSR count). The van der Waals surface area contributed by atoms with Gasteiger partial charge in [-0.05, 0) is 25.0 Å². The Labute approximate surface area is 116 Å².